The van der Waals surface area contributed by atoms with Gasteiger partial charge in [0.25, 0.3) is 0 Å². The number of aryl methyl sites for hydroxylation is 1. The van der Waals surface area contributed by atoms with Crippen LogP contribution in [0.4, 0.5) is 10.1 Å². The molecule has 2 aliphatic heterocycles. The zero-order valence-corrected chi connectivity index (χ0v) is 25.3. The molecule has 0 bridgehead atoms. The first-order valence-electron chi connectivity index (χ1n) is 13.2. The van der Waals surface area contributed by atoms with Crippen LogP contribution in [0.3, 0.4) is 0 Å². The van der Waals surface area contributed by atoms with Crippen LogP contribution in [0.1, 0.15) is 61.4 Å². The number of hydrogen-bond donors (Lipinski definition) is 2. The van der Waals surface area contributed by atoms with Gasteiger partial charge in [-0.25, -0.2) is 9.18 Å². The molecule has 7 nitrogen and oxygen atoms in total. The molecule has 0 aliphatic carbocycles. The number of amides is 2. The number of ether oxygens (including phenoxy) is 2. The summed E-state index contributed by atoms with van der Waals surface area (Å²) in [6.07, 6.45) is -0.0764. The second-order valence-electron chi connectivity index (χ2n) is 10.8. The highest BCUT2D eigenvalue weighted by atomic mass is 79.9. The fourth-order valence-electron chi connectivity index (χ4n) is 5.95. The highest BCUT2D eigenvalue weighted by Crippen LogP contribution is 2.59. The van der Waals surface area contributed by atoms with Crippen molar-refractivity contribution >= 4 is 51.0 Å². The summed E-state index contributed by atoms with van der Waals surface area (Å²) in [5, 5.41) is 6.41. The third kappa shape index (κ3) is 4.99. The predicted molar refractivity (Wildman–Crippen MR) is 157 cm³/mol. The van der Waals surface area contributed by atoms with E-state index in [1.165, 1.54) is 12.1 Å². The zero-order chi connectivity index (χ0) is 29.7. The van der Waals surface area contributed by atoms with Gasteiger partial charge in [-0.05, 0) is 86.8 Å². The van der Waals surface area contributed by atoms with Crippen molar-refractivity contribution in [2.75, 3.05) is 11.9 Å². The topological polar surface area (TPSA) is 93.7 Å². The van der Waals surface area contributed by atoms with Gasteiger partial charge >= 0.3 is 5.97 Å². The van der Waals surface area contributed by atoms with Crippen molar-refractivity contribution in [3.63, 3.8) is 0 Å². The minimum absolute atomic E-state index is 0.0764. The normalized spacial score (nSPS) is 21.7. The molecule has 2 N–H and O–H groups in total. The second kappa shape index (κ2) is 10.8. The lowest BCUT2D eigenvalue weighted by Gasteiger charge is -2.47. The molecule has 5 rings (SSSR count). The Hall–Kier alpha value is -3.43. The molecule has 214 valence electrons. The van der Waals surface area contributed by atoms with Crippen LogP contribution in [0, 0.1) is 12.7 Å². The van der Waals surface area contributed by atoms with Crippen LogP contribution >= 0.6 is 27.5 Å². The summed E-state index contributed by atoms with van der Waals surface area (Å²) in [4.78, 5) is 40.5. The Balaban J connectivity index is 1.78. The van der Waals surface area contributed by atoms with Gasteiger partial charge in [0, 0.05) is 33.1 Å². The van der Waals surface area contributed by atoms with Crippen LogP contribution in [0.15, 0.2) is 59.1 Å². The average molecular weight is 644 g/mol. The fraction of sp³-hybridized carbons (Fsp3) is 0.323. The van der Waals surface area contributed by atoms with Crippen LogP contribution in [0.2, 0.25) is 5.02 Å². The number of anilines is 1. The Kier molecular flexibility index (Phi) is 7.63. The van der Waals surface area contributed by atoms with Crippen molar-refractivity contribution in [2.24, 2.45) is 0 Å². The van der Waals surface area contributed by atoms with Gasteiger partial charge in [0.15, 0.2) is 5.60 Å². The highest BCUT2D eigenvalue weighted by molar-refractivity contribution is 9.10. The molecule has 3 aromatic carbocycles. The van der Waals surface area contributed by atoms with E-state index in [9.17, 15) is 18.8 Å². The minimum atomic E-state index is -1.42. The maximum Gasteiger partial charge on any atom is 0.349 e. The lowest BCUT2D eigenvalue weighted by atomic mass is 9.59. The molecule has 3 aromatic rings. The number of fused-ring (bicyclic) bond motifs is 2. The van der Waals surface area contributed by atoms with Gasteiger partial charge in [0.05, 0.1) is 12.6 Å². The highest BCUT2D eigenvalue weighted by Gasteiger charge is 2.62. The summed E-state index contributed by atoms with van der Waals surface area (Å²) >= 11 is 9.84. The quantitative estimate of drug-likeness (QED) is 0.299. The van der Waals surface area contributed by atoms with E-state index >= 15 is 0 Å². The van der Waals surface area contributed by atoms with Crippen LogP contribution < -0.4 is 15.4 Å². The monoisotopic (exact) mass is 642 g/mol. The fourth-order valence-corrected chi connectivity index (χ4v) is 6.50. The van der Waals surface area contributed by atoms with E-state index in [0.717, 1.165) is 0 Å². The molecule has 10 heteroatoms. The van der Waals surface area contributed by atoms with E-state index < -0.39 is 34.8 Å². The smallest absolute Gasteiger partial charge is 0.349 e. The first-order chi connectivity index (χ1) is 19.4. The van der Waals surface area contributed by atoms with E-state index in [2.05, 4.69) is 26.6 Å². The van der Waals surface area contributed by atoms with Crippen molar-refractivity contribution in [3.8, 4) is 5.75 Å². The number of rotatable bonds is 6. The summed E-state index contributed by atoms with van der Waals surface area (Å²) < 4.78 is 26.9. The van der Waals surface area contributed by atoms with Gasteiger partial charge in [-0.3, -0.25) is 9.59 Å². The van der Waals surface area contributed by atoms with Crippen LogP contribution in [-0.2, 0) is 24.5 Å². The summed E-state index contributed by atoms with van der Waals surface area (Å²) in [6.45, 7) is 6.89. The van der Waals surface area contributed by atoms with Crippen LogP contribution in [0.5, 0.6) is 5.75 Å². The molecule has 1 saturated heterocycles. The van der Waals surface area contributed by atoms with Gasteiger partial charge in [-0.2, -0.15) is 0 Å². The Bertz CT molecular complexity index is 1580. The third-order valence-corrected chi connectivity index (χ3v) is 8.51. The molecule has 0 unspecified atom stereocenters. The molecular weight excluding hydrogens is 615 g/mol. The average Bonchev–Trinajstić information content (AvgIpc) is 3.18. The first kappa shape index (κ1) is 29.1. The van der Waals surface area contributed by atoms with Gasteiger partial charge in [0.2, 0.25) is 11.8 Å². The van der Waals surface area contributed by atoms with E-state index in [4.69, 9.17) is 21.1 Å². The second-order valence-corrected chi connectivity index (χ2v) is 12.1. The Morgan fingerprint density at radius 2 is 1.88 bits per heavy atom. The van der Waals surface area contributed by atoms with Crippen molar-refractivity contribution in [2.45, 2.75) is 57.1 Å². The van der Waals surface area contributed by atoms with Crippen molar-refractivity contribution in [1.29, 1.82) is 0 Å². The number of halogens is 3. The van der Waals surface area contributed by atoms with Gasteiger partial charge in [-0.1, -0.05) is 39.7 Å². The molecule has 41 heavy (non-hydrogen) atoms. The van der Waals surface area contributed by atoms with Gasteiger partial charge < -0.3 is 20.1 Å². The Labute approximate surface area is 250 Å². The van der Waals surface area contributed by atoms with E-state index in [0.29, 0.717) is 43.2 Å². The van der Waals surface area contributed by atoms with Crippen molar-refractivity contribution < 1.29 is 28.2 Å². The summed E-state index contributed by atoms with van der Waals surface area (Å²) in [7, 11) is 0. The van der Waals surface area contributed by atoms with E-state index in [1.54, 1.807) is 63.2 Å². The summed E-state index contributed by atoms with van der Waals surface area (Å²) in [5.41, 5.74) is 0.0485. The molecule has 0 aromatic heterocycles. The lowest BCUT2D eigenvalue weighted by Crippen LogP contribution is -2.57. The SMILES string of the molecule is CCOC(=O)C(C)(C)Oc1ccc(Br)cc1[C@H]1CC(=O)N[C@@H](c2cc(F)ccc2C)[C@]12C(=O)Nc1cc(Cl)ccc12. The minimum Gasteiger partial charge on any atom is -0.476 e. The third-order valence-electron chi connectivity index (χ3n) is 7.78. The van der Waals surface area contributed by atoms with Crippen LogP contribution in [-0.4, -0.2) is 30.0 Å². The Morgan fingerprint density at radius 1 is 1.12 bits per heavy atom. The number of piperidine rings is 1. The summed E-state index contributed by atoms with van der Waals surface area (Å²) in [5.74, 6) is -2.21. The number of esters is 1. The van der Waals surface area contributed by atoms with Gasteiger partial charge in [0.1, 0.15) is 17.0 Å². The maximum absolute atomic E-state index is 14.7. The van der Waals surface area contributed by atoms with Crippen LogP contribution in [0.25, 0.3) is 0 Å². The molecule has 2 amide bonds. The van der Waals surface area contributed by atoms with Crippen molar-refractivity contribution in [1.82, 2.24) is 5.32 Å². The molecule has 0 saturated carbocycles. The summed E-state index contributed by atoms with van der Waals surface area (Å²) in [6, 6.07) is 13.7. The molecule has 3 atom stereocenters. The lowest BCUT2D eigenvalue weighted by molar-refractivity contribution is -0.158. The number of hydrogen-bond acceptors (Lipinski definition) is 5. The number of nitrogens with one attached hydrogen (secondary N) is 2. The number of carbonyl (C=O) groups excluding carboxylic acids is 3. The molecule has 0 radical (unpaired) electrons. The predicted octanol–water partition coefficient (Wildman–Crippen LogP) is 6.51. The largest absolute Gasteiger partial charge is 0.476 e. The van der Waals surface area contributed by atoms with E-state index in [1.807, 2.05) is 6.92 Å². The molecule has 1 spiro atoms. The first-order valence-corrected chi connectivity index (χ1v) is 14.4. The molecular formula is C31H29BrClFN2O5. The number of benzene rings is 3. The standard InChI is InChI=1S/C31H29BrClFN2O5/c1-5-40-29(39)30(3,4)41-25-11-7-17(32)12-21(25)23-15-26(37)36-27(20-14-19(34)9-6-16(20)2)31(23)22-10-8-18(33)13-24(22)35-28(31)38/h6-14,23,27H,5,15H2,1-4H3,(H,35,38)(H,36,37)/t23-,27+,31-/m1/s1. The maximum atomic E-state index is 14.7. The van der Waals surface area contributed by atoms with E-state index in [-0.39, 0.29) is 24.8 Å². The zero-order valence-electron chi connectivity index (χ0n) is 22.9. The molecule has 2 heterocycles. The van der Waals surface area contributed by atoms with Crippen molar-refractivity contribution in [3.05, 3.63) is 92.2 Å². The Morgan fingerprint density at radius 3 is 2.61 bits per heavy atom. The number of carbonyl (C=O) groups is 3. The molecule has 1 fully saturated rings. The van der Waals surface area contributed by atoms with Gasteiger partial charge in [-0.15, -0.1) is 0 Å². The molecule has 2 aliphatic rings.